The van der Waals surface area contributed by atoms with E-state index in [1.165, 1.54) is 50.6 Å². The standard InChI is InChI=1S/C28H25N3O9S/c1-30(41(36,37)24-13-7-19-5-3-4-6-20(19)15-24)21-8-11-23(12-9-21)39-18-28(33)40-17-27(32)29-25-16-22(31(34)35)10-14-26(25)38-2/h3-16H,17-18H2,1-2H3,(H,29,32). The van der Waals surface area contributed by atoms with E-state index in [1.54, 1.807) is 18.2 Å². The number of non-ortho nitro benzene ring substituents is 1. The zero-order chi connectivity index (χ0) is 29.6. The summed E-state index contributed by atoms with van der Waals surface area (Å²) in [5, 5.41) is 15.1. The van der Waals surface area contributed by atoms with Crippen molar-refractivity contribution >= 4 is 49.7 Å². The molecule has 0 saturated heterocycles. The van der Waals surface area contributed by atoms with Crippen LogP contribution in [-0.4, -0.2) is 52.6 Å². The predicted octanol–water partition coefficient (Wildman–Crippen LogP) is 4.14. The van der Waals surface area contributed by atoms with Gasteiger partial charge in [-0.2, -0.15) is 0 Å². The maximum atomic E-state index is 13.2. The maximum absolute atomic E-state index is 13.2. The van der Waals surface area contributed by atoms with Gasteiger partial charge in [-0.1, -0.05) is 30.3 Å². The molecule has 212 valence electrons. The van der Waals surface area contributed by atoms with E-state index < -0.39 is 40.0 Å². The number of fused-ring (bicyclic) bond motifs is 1. The number of ether oxygens (including phenoxy) is 3. The fraction of sp³-hybridized carbons (Fsp3) is 0.143. The molecule has 0 atom stereocenters. The van der Waals surface area contributed by atoms with Gasteiger partial charge in [0, 0.05) is 19.2 Å². The van der Waals surface area contributed by atoms with Crippen LogP contribution < -0.4 is 19.1 Å². The first-order chi connectivity index (χ1) is 19.6. The van der Waals surface area contributed by atoms with Crippen LogP contribution in [0.25, 0.3) is 10.8 Å². The van der Waals surface area contributed by atoms with Crippen molar-refractivity contribution in [3.05, 3.63) is 95.0 Å². The highest BCUT2D eigenvalue weighted by Crippen LogP contribution is 2.29. The molecule has 0 spiro atoms. The first-order valence-corrected chi connectivity index (χ1v) is 13.5. The van der Waals surface area contributed by atoms with Gasteiger partial charge in [0.15, 0.2) is 13.2 Å². The summed E-state index contributed by atoms with van der Waals surface area (Å²) in [6.45, 7) is -1.18. The van der Waals surface area contributed by atoms with E-state index in [0.29, 0.717) is 5.69 Å². The minimum Gasteiger partial charge on any atom is -0.495 e. The number of esters is 1. The Kier molecular flexibility index (Phi) is 8.68. The molecule has 0 aliphatic rings. The number of hydrogen-bond acceptors (Lipinski definition) is 9. The summed E-state index contributed by atoms with van der Waals surface area (Å²) >= 11 is 0. The highest BCUT2D eigenvalue weighted by molar-refractivity contribution is 7.92. The minimum atomic E-state index is -3.83. The van der Waals surface area contributed by atoms with E-state index in [1.807, 2.05) is 24.3 Å². The average Bonchev–Trinajstić information content (AvgIpc) is 2.98. The Morgan fingerprint density at radius 1 is 0.927 bits per heavy atom. The molecule has 4 aromatic carbocycles. The van der Waals surface area contributed by atoms with Crippen molar-refractivity contribution < 1.29 is 37.1 Å². The van der Waals surface area contributed by atoms with Gasteiger partial charge in [-0.05, 0) is 53.2 Å². The second-order valence-electron chi connectivity index (χ2n) is 8.61. The minimum absolute atomic E-state index is 0.0479. The fourth-order valence-corrected chi connectivity index (χ4v) is 5.03. The quantitative estimate of drug-likeness (QED) is 0.157. The van der Waals surface area contributed by atoms with Crippen molar-refractivity contribution in [1.82, 2.24) is 0 Å². The lowest BCUT2D eigenvalue weighted by Crippen LogP contribution is -2.26. The number of hydrogen-bond donors (Lipinski definition) is 1. The normalized spacial score (nSPS) is 11.0. The number of nitrogens with one attached hydrogen (secondary N) is 1. The van der Waals surface area contributed by atoms with Gasteiger partial charge < -0.3 is 19.5 Å². The average molecular weight is 580 g/mol. The number of nitro groups is 1. The zero-order valence-electron chi connectivity index (χ0n) is 22.0. The third-order valence-electron chi connectivity index (χ3n) is 5.97. The third-order valence-corrected chi connectivity index (χ3v) is 7.75. The summed E-state index contributed by atoms with van der Waals surface area (Å²) in [7, 11) is -1.06. The number of amides is 1. The van der Waals surface area contributed by atoms with Gasteiger partial charge in [-0.25, -0.2) is 13.2 Å². The van der Waals surface area contributed by atoms with Crippen molar-refractivity contribution in [2.24, 2.45) is 0 Å². The van der Waals surface area contributed by atoms with Gasteiger partial charge in [0.05, 0.1) is 28.3 Å². The summed E-state index contributed by atoms with van der Waals surface area (Å²) < 4.78 is 42.8. The van der Waals surface area contributed by atoms with Crippen LogP contribution in [0.1, 0.15) is 0 Å². The molecule has 0 aromatic heterocycles. The summed E-state index contributed by atoms with van der Waals surface area (Å²) in [4.78, 5) is 34.7. The summed E-state index contributed by atoms with van der Waals surface area (Å²) in [5.41, 5.74) is 0.169. The molecule has 4 rings (SSSR count). The van der Waals surface area contributed by atoms with Gasteiger partial charge >= 0.3 is 5.97 Å². The highest BCUT2D eigenvalue weighted by Gasteiger charge is 2.22. The van der Waals surface area contributed by atoms with Crippen molar-refractivity contribution in [1.29, 1.82) is 0 Å². The van der Waals surface area contributed by atoms with Crippen LogP contribution in [-0.2, 0) is 24.3 Å². The predicted molar refractivity (Wildman–Crippen MR) is 151 cm³/mol. The lowest BCUT2D eigenvalue weighted by atomic mass is 10.1. The Morgan fingerprint density at radius 2 is 1.63 bits per heavy atom. The van der Waals surface area contributed by atoms with E-state index >= 15 is 0 Å². The number of carbonyl (C=O) groups is 2. The smallest absolute Gasteiger partial charge is 0.344 e. The fourth-order valence-electron chi connectivity index (χ4n) is 3.80. The van der Waals surface area contributed by atoms with Crippen LogP contribution in [0, 0.1) is 10.1 Å². The number of nitro benzene ring substituents is 1. The number of anilines is 2. The molecule has 0 bridgehead atoms. The number of rotatable bonds is 11. The number of benzene rings is 4. The molecule has 0 saturated carbocycles. The molecule has 13 heteroatoms. The van der Waals surface area contributed by atoms with Gasteiger partial charge in [0.2, 0.25) is 0 Å². The molecule has 0 fully saturated rings. The molecule has 12 nitrogen and oxygen atoms in total. The van der Waals surface area contributed by atoms with Crippen LogP contribution in [0.3, 0.4) is 0 Å². The Bertz CT molecular complexity index is 1710. The lowest BCUT2D eigenvalue weighted by molar-refractivity contribution is -0.384. The topological polar surface area (TPSA) is 154 Å². The van der Waals surface area contributed by atoms with Gasteiger partial charge in [0.1, 0.15) is 11.5 Å². The molecule has 41 heavy (non-hydrogen) atoms. The highest BCUT2D eigenvalue weighted by atomic mass is 32.2. The molecule has 0 aliphatic heterocycles. The van der Waals surface area contributed by atoms with E-state index in [4.69, 9.17) is 14.2 Å². The van der Waals surface area contributed by atoms with E-state index in [2.05, 4.69) is 5.32 Å². The van der Waals surface area contributed by atoms with Crippen LogP contribution >= 0.6 is 0 Å². The third kappa shape index (κ3) is 6.89. The molecule has 0 unspecified atom stereocenters. The summed E-state index contributed by atoms with van der Waals surface area (Å²) in [6, 6.07) is 22.1. The Morgan fingerprint density at radius 3 is 2.32 bits per heavy atom. The first-order valence-electron chi connectivity index (χ1n) is 12.1. The molecule has 1 N–H and O–H groups in total. The second kappa shape index (κ2) is 12.3. The monoisotopic (exact) mass is 579 g/mol. The summed E-state index contributed by atoms with van der Waals surface area (Å²) in [5.74, 6) is -1.12. The van der Waals surface area contributed by atoms with Crippen molar-refractivity contribution in [2.75, 3.05) is 37.0 Å². The van der Waals surface area contributed by atoms with Gasteiger partial charge in [0.25, 0.3) is 21.6 Å². The number of nitrogens with zero attached hydrogens (tertiary/aromatic N) is 2. The number of methoxy groups -OCH3 is 1. The largest absolute Gasteiger partial charge is 0.495 e. The molecule has 0 heterocycles. The Hall–Kier alpha value is -5.17. The molecule has 0 aliphatic carbocycles. The first kappa shape index (κ1) is 28.8. The van der Waals surface area contributed by atoms with Crippen molar-refractivity contribution in [2.45, 2.75) is 4.90 Å². The number of carbonyl (C=O) groups excluding carboxylic acids is 2. The molecular formula is C28H25N3O9S. The molecule has 1 amide bonds. The molecule has 0 radical (unpaired) electrons. The van der Waals surface area contributed by atoms with E-state index in [-0.39, 0.29) is 27.8 Å². The van der Waals surface area contributed by atoms with Crippen LogP contribution in [0.5, 0.6) is 11.5 Å². The van der Waals surface area contributed by atoms with Crippen LogP contribution in [0.2, 0.25) is 0 Å². The SMILES string of the molecule is COc1ccc([N+](=O)[O-])cc1NC(=O)COC(=O)COc1ccc(N(C)S(=O)(=O)c2ccc3ccccc3c2)cc1. The molecular weight excluding hydrogens is 554 g/mol. The van der Waals surface area contributed by atoms with Gasteiger partial charge in [-0.3, -0.25) is 19.2 Å². The zero-order valence-corrected chi connectivity index (χ0v) is 22.8. The Balaban J connectivity index is 1.30. The van der Waals surface area contributed by atoms with Crippen molar-refractivity contribution in [3.63, 3.8) is 0 Å². The maximum Gasteiger partial charge on any atom is 0.344 e. The van der Waals surface area contributed by atoms with E-state index in [0.717, 1.165) is 21.1 Å². The summed E-state index contributed by atoms with van der Waals surface area (Å²) in [6.07, 6.45) is 0. The van der Waals surface area contributed by atoms with Crippen LogP contribution in [0.4, 0.5) is 17.1 Å². The van der Waals surface area contributed by atoms with Crippen LogP contribution in [0.15, 0.2) is 89.8 Å². The lowest BCUT2D eigenvalue weighted by Gasteiger charge is -2.20. The van der Waals surface area contributed by atoms with E-state index in [9.17, 15) is 28.1 Å². The molecule has 4 aromatic rings. The van der Waals surface area contributed by atoms with Crippen molar-refractivity contribution in [3.8, 4) is 11.5 Å². The van der Waals surface area contributed by atoms with Gasteiger partial charge in [-0.15, -0.1) is 0 Å². The number of sulfonamides is 1. The Labute approximate surface area is 235 Å². The second-order valence-corrected chi connectivity index (χ2v) is 10.6.